The van der Waals surface area contributed by atoms with Gasteiger partial charge in [-0.05, 0) is 24.3 Å². The van der Waals surface area contributed by atoms with Gasteiger partial charge in [-0.15, -0.1) is 0 Å². The minimum absolute atomic E-state index is 0.0156. The molecule has 98 valence electrons. The van der Waals surface area contributed by atoms with E-state index in [1.54, 1.807) is 6.07 Å². The Morgan fingerprint density at radius 2 is 1.74 bits per heavy atom. The van der Waals surface area contributed by atoms with Gasteiger partial charge in [0.1, 0.15) is 28.8 Å². The summed E-state index contributed by atoms with van der Waals surface area (Å²) in [6.45, 7) is 0. The van der Waals surface area contributed by atoms with E-state index in [0.29, 0.717) is 0 Å². The Morgan fingerprint density at radius 3 is 2.37 bits per heavy atom. The molecule has 1 aromatic carbocycles. The summed E-state index contributed by atoms with van der Waals surface area (Å²) in [6.07, 6.45) is 0. The number of hydrazine groups is 1. The van der Waals surface area contributed by atoms with Gasteiger partial charge in [-0.1, -0.05) is 12.1 Å². The zero-order valence-electron chi connectivity index (χ0n) is 9.65. The second-order valence-corrected chi connectivity index (χ2v) is 3.60. The summed E-state index contributed by atoms with van der Waals surface area (Å²) >= 11 is 0. The lowest BCUT2D eigenvalue weighted by molar-refractivity contribution is 0.102. The molecule has 7 heteroatoms. The highest BCUT2D eigenvalue weighted by atomic mass is 19.1. The first-order valence-corrected chi connectivity index (χ1v) is 5.31. The van der Waals surface area contributed by atoms with Crippen molar-refractivity contribution in [1.29, 1.82) is 0 Å². The summed E-state index contributed by atoms with van der Waals surface area (Å²) in [6, 6.07) is 7.77. The SMILES string of the molecule is NNc1cccc(C(=O)Nc2c(F)cccc2F)n1. The molecular formula is C12H10F2N4O. The highest BCUT2D eigenvalue weighted by Crippen LogP contribution is 2.18. The minimum atomic E-state index is -0.860. The fourth-order valence-corrected chi connectivity index (χ4v) is 1.44. The molecule has 0 radical (unpaired) electrons. The first kappa shape index (κ1) is 12.9. The summed E-state index contributed by atoms with van der Waals surface area (Å²) in [7, 11) is 0. The van der Waals surface area contributed by atoms with Crippen LogP contribution in [0.15, 0.2) is 36.4 Å². The standard InChI is InChI=1S/C12H10F2N4O/c13-7-3-1-4-8(14)11(7)17-12(19)9-5-2-6-10(16-9)18-15/h1-6H,15H2,(H,16,18)(H,17,19). The van der Waals surface area contributed by atoms with E-state index in [0.717, 1.165) is 12.1 Å². The van der Waals surface area contributed by atoms with Gasteiger partial charge in [0.2, 0.25) is 0 Å². The summed E-state index contributed by atoms with van der Waals surface area (Å²) in [5.74, 6) is 2.97. The highest BCUT2D eigenvalue weighted by molar-refractivity contribution is 6.03. The average molecular weight is 264 g/mol. The van der Waals surface area contributed by atoms with Gasteiger partial charge in [-0.2, -0.15) is 0 Å². The van der Waals surface area contributed by atoms with E-state index >= 15 is 0 Å². The van der Waals surface area contributed by atoms with Crippen molar-refractivity contribution in [3.8, 4) is 0 Å². The van der Waals surface area contributed by atoms with E-state index in [-0.39, 0.29) is 11.5 Å². The van der Waals surface area contributed by atoms with Crippen molar-refractivity contribution in [1.82, 2.24) is 4.98 Å². The van der Waals surface area contributed by atoms with Gasteiger partial charge < -0.3 is 10.7 Å². The number of pyridine rings is 1. The number of nitrogens with zero attached hydrogens (tertiary/aromatic N) is 1. The molecule has 0 unspecified atom stereocenters. The number of anilines is 2. The smallest absolute Gasteiger partial charge is 0.274 e. The molecule has 2 rings (SSSR count). The molecule has 19 heavy (non-hydrogen) atoms. The number of hydrogen-bond donors (Lipinski definition) is 3. The summed E-state index contributed by atoms with van der Waals surface area (Å²) in [5, 5.41) is 2.13. The van der Waals surface area contributed by atoms with Crippen molar-refractivity contribution >= 4 is 17.4 Å². The van der Waals surface area contributed by atoms with Crippen molar-refractivity contribution < 1.29 is 13.6 Å². The first-order valence-electron chi connectivity index (χ1n) is 5.31. The molecule has 1 aromatic heterocycles. The monoisotopic (exact) mass is 264 g/mol. The minimum Gasteiger partial charge on any atom is -0.316 e. The molecule has 1 heterocycles. The largest absolute Gasteiger partial charge is 0.316 e. The summed E-state index contributed by atoms with van der Waals surface area (Å²) < 4.78 is 26.7. The molecule has 0 bridgehead atoms. The first-order chi connectivity index (χ1) is 9.11. The van der Waals surface area contributed by atoms with Gasteiger partial charge >= 0.3 is 0 Å². The second-order valence-electron chi connectivity index (χ2n) is 3.60. The topological polar surface area (TPSA) is 80.0 Å². The molecule has 2 aromatic rings. The Balaban J connectivity index is 2.25. The van der Waals surface area contributed by atoms with E-state index in [1.165, 1.54) is 18.2 Å². The van der Waals surface area contributed by atoms with Crippen molar-refractivity contribution in [2.24, 2.45) is 5.84 Å². The molecule has 0 saturated carbocycles. The van der Waals surface area contributed by atoms with Gasteiger partial charge in [0.15, 0.2) is 0 Å². The van der Waals surface area contributed by atoms with Crippen LogP contribution in [-0.4, -0.2) is 10.9 Å². The average Bonchev–Trinajstić information content (AvgIpc) is 2.43. The van der Waals surface area contributed by atoms with Gasteiger partial charge in [0, 0.05) is 0 Å². The number of benzene rings is 1. The number of nitrogens with one attached hydrogen (secondary N) is 2. The van der Waals surface area contributed by atoms with E-state index in [9.17, 15) is 13.6 Å². The second kappa shape index (κ2) is 5.40. The van der Waals surface area contributed by atoms with Crippen LogP contribution in [0.1, 0.15) is 10.5 Å². The summed E-state index contributed by atoms with van der Waals surface area (Å²) in [4.78, 5) is 15.7. The fraction of sp³-hybridized carbons (Fsp3) is 0. The molecule has 0 saturated heterocycles. The molecule has 1 amide bonds. The van der Waals surface area contributed by atoms with Crippen LogP contribution in [0.25, 0.3) is 0 Å². The normalized spacial score (nSPS) is 10.1. The third-order valence-electron chi connectivity index (χ3n) is 2.33. The van der Waals surface area contributed by atoms with Crippen molar-refractivity contribution in [2.75, 3.05) is 10.7 Å². The van der Waals surface area contributed by atoms with Gasteiger partial charge in [0.25, 0.3) is 5.91 Å². The third kappa shape index (κ3) is 2.83. The predicted octanol–water partition coefficient (Wildman–Crippen LogP) is 1.90. The lowest BCUT2D eigenvalue weighted by atomic mass is 10.2. The van der Waals surface area contributed by atoms with Crippen LogP contribution in [-0.2, 0) is 0 Å². The molecule has 0 aliphatic carbocycles. The maximum Gasteiger partial charge on any atom is 0.274 e. The van der Waals surface area contributed by atoms with E-state index in [1.807, 2.05) is 0 Å². The van der Waals surface area contributed by atoms with Crippen LogP contribution in [0, 0.1) is 11.6 Å². The zero-order chi connectivity index (χ0) is 13.8. The van der Waals surface area contributed by atoms with Crippen LogP contribution in [0.5, 0.6) is 0 Å². The number of carbonyl (C=O) groups excluding carboxylic acids is 1. The van der Waals surface area contributed by atoms with Crippen LogP contribution in [0.3, 0.4) is 0 Å². The quantitative estimate of drug-likeness (QED) is 0.584. The molecule has 0 fully saturated rings. The Kier molecular flexibility index (Phi) is 3.67. The van der Waals surface area contributed by atoms with Crippen molar-refractivity contribution in [3.05, 3.63) is 53.7 Å². The van der Waals surface area contributed by atoms with Crippen LogP contribution in [0.4, 0.5) is 20.3 Å². The Bertz CT molecular complexity index is 598. The van der Waals surface area contributed by atoms with Crippen LogP contribution >= 0.6 is 0 Å². The lowest BCUT2D eigenvalue weighted by Crippen LogP contribution is -2.17. The third-order valence-corrected chi connectivity index (χ3v) is 2.33. The number of hydrogen-bond acceptors (Lipinski definition) is 4. The van der Waals surface area contributed by atoms with E-state index in [2.05, 4.69) is 15.7 Å². The van der Waals surface area contributed by atoms with Gasteiger partial charge in [-0.25, -0.2) is 19.6 Å². The lowest BCUT2D eigenvalue weighted by Gasteiger charge is -2.07. The number of nitrogen functional groups attached to an aromatic ring is 1. The van der Waals surface area contributed by atoms with E-state index < -0.39 is 23.2 Å². The molecule has 5 nitrogen and oxygen atoms in total. The highest BCUT2D eigenvalue weighted by Gasteiger charge is 2.14. The molecule has 4 N–H and O–H groups in total. The number of amides is 1. The Labute approximate surface area is 107 Å². The van der Waals surface area contributed by atoms with Gasteiger partial charge in [-0.3, -0.25) is 4.79 Å². The number of rotatable bonds is 3. The zero-order valence-corrected chi connectivity index (χ0v) is 9.65. The van der Waals surface area contributed by atoms with Crippen molar-refractivity contribution in [2.45, 2.75) is 0 Å². The summed E-state index contributed by atoms with van der Waals surface area (Å²) in [5.41, 5.74) is 1.74. The van der Waals surface area contributed by atoms with Crippen LogP contribution in [0.2, 0.25) is 0 Å². The maximum atomic E-state index is 13.4. The molecule has 0 aliphatic rings. The fourth-order valence-electron chi connectivity index (χ4n) is 1.44. The van der Waals surface area contributed by atoms with Gasteiger partial charge in [0.05, 0.1) is 0 Å². The Morgan fingerprint density at radius 1 is 1.11 bits per heavy atom. The molecule has 0 spiro atoms. The van der Waals surface area contributed by atoms with Crippen LogP contribution < -0.4 is 16.6 Å². The molecular weight excluding hydrogens is 254 g/mol. The number of para-hydroxylation sites is 1. The predicted molar refractivity (Wildman–Crippen MR) is 66.4 cm³/mol. The Hall–Kier alpha value is -2.54. The maximum absolute atomic E-state index is 13.4. The van der Waals surface area contributed by atoms with E-state index in [4.69, 9.17) is 5.84 Å². The number of carbonyl (C=O) groups is 1. The number of aromatic nitrogens is 1. The van der Waals surface area contributed by atoms with Crippen molar-refractivity contribution in [3.63, 3.8) is 0 Å². The molecule has 0 aliphatic heterocycles. The number of nitrogens with two attached hydrogens (primary N) is 1. The molecule has 0 atom stereocenters. The number of halogens is 2.